The lowest BCUT2D eigenvalue weighted by Gasteiger charge is -2.15. The summed E-state index contributed by atoms with van der Waals surface area (Å²) in [4.78, 5) is 36.1. The van der Waals surface area contributed by atoms with Crippen molar-refractivity contribution < 1.29 is 19.1 Å². The Morgan fingerprint density at radius 1 is 1.37 bits per heavy atom. The van der Waals surface area contributed by atoms with Crippen LogP contribution in [-0.4, -0.2) is 37.5 Å². The second-order valence-electron chi connectivity index (χ2n) is 4.12. The number of hydrogen-bond donors (Lipinski definition) is 1. The van der Waals surface area contributed by atoms with Crippen molar-refractivity contribution in [3.05, 3.63) is 30.3 Å². The number of benzene rings is 1. The highest BCUT2D eigenvalue weighted by Gasteiger charge is 2.39. The number of rotatable bonds is 4. The third-order valence-corrected chi connectivity index (χ3v) is 2.88. The van der Waals surface area contributed by atoms with Crippen LogP contribution >= 0.6 is 0 Å². The minimum absolute atomic E-state index is 0.0464. The molecule has 0 unspecified atom stereocenters. The lowest BCUT2D eigenvalue weighted by molar-refractivity contribution is -0.139. The molecule has 19 heavy (non-hydrogen) atoms. The summed E-state index contributed by atoms with van der Waals surface area (Å²) >= 11 is 0. The molecule has 0 spiro atoms. The van der Waals surface area contributed by atoms with Crippen molar-refractivity contribution in [2.45, 2.75) is 12.5 Å². The predicted octanol–water partition coefficient (Wildman–Crippen LogP) is 0.0811. The van der Waals surface area contributed by atoms with Crippen molar-refractivity contribution in [3.63, 3.8) is 0 Å². The summed E-state index contributed by atoms with van der Waals surface area (Å²) in [6.07, 6.45) is 0.0464. The Labute approximate surface area is 110 Å². The molecule has 1 aliphatic heterocycles. The zero-order valence-electron chi connectivity index (χ0n) is 10.5. The molecule has 2 rings (SSSR count). The fourth-order valence-corrected chi connectivity index (χ4v) is 1.92. The van der Waals surface area contributed by atoms with E-state index >= 15 is 0 Å². The highest BCUT2D eigenvalue weighted by molar-refractivity contribution is 6.22. The second-order valence-corrected chi connectivity index (χ2v) is 4.12. The fourth-order valence-electron chi connectivity index (χ4n) is 1.92. The molecule has 1 N–H and O–H groups in total. The smallest absolute Gasteiger partial charge is 0.319 e. The van der Waals surface area contributed by atoms with Crippen molar-refractivity contribution in [1.29, 1.82) is 0 Å². The standard InChI is InChI=1S/C13H14N2O4/c1-19-12(17)8-14-10-7-11(16)15(13(10)18)9-5-3-2-4-6-9/h2-6,10,14H,7-8H2,1H3/t10-/m1/s1. The zero-order valence-corrected chi connectivity index (χ0v) is 10.5. The summed E-state index contributed by atoms with van der Waals surface area (Å²) in [5.74, 6) is -1.10. The number of nitrogens with one attached hydrogen (secondary N) is 1. The number of amides is 2. The highest BCUT2D eigenvalue weighted by atomic mass is 16.5. The van der Waals surface area contributed by atoms with Crippen LogP contribution in [-0.2, 0) is 19.1 Å². The van der Waals surface area contributed by atoms with E-state index in [4.69, 9.17) is 0 Å². The maximum atomic E-state index is 12.1. The highest BCUT2D eigenvalue weighted by Crippen LogP contribution is 2.22. The van der Waals surface area contributed by atoms with E-state index in [1.165, 1.54) is 7.11 Å². The molecular formula is C13H14N2O4. The molecule has 0 saturated carbocycles. The van der Waals surface area contributed by atoms with E-state index < -0.39 is 12.0 Å². The Hall–Kier alpha value is -2.21. The Balaban J connectivity index is 2.07. The molecule has 0 bridgehead atoms. The molecule has 6 heteroatoms. The largest absolute Gasteiger partial charge is 0.468 e. The summed E-state index contributed by atoms with van der Waals surface area (Å²) in [7, 11) is 1.27. The van der Waals surface area contributed by atoms with Gasteiger partial charge in [0.1, 0.15) is 0 Å². The van der Waals surface area contributed by atoms with Crippen molar-refractivity contribution in [2.24, 2.45) is 0 Å². The van der Waals surface area contributed by atoms with Gasteiger partial charge in [-0.3, -0.25) is 19.7 Å². The van der Waals surface area contributed by atoms with E-state index in [1.54, 1.807) is 24.3 Å². The van der Waals surface area contributed by atoms with E-state index in [2.05, 4.69) is 10.1 Å². The van der Waals surface area contributed by atoms with Gasteiger partial charge in [-0.25, -0.2) is 4.90 Å². The Bertz CT molecular complexity index is 501. The molecule has 1 aromatic carbocycles. The molecule has 0 aliphatic carbocycles. The number of ether oxygens (including phenoxy) is 1. The van der Waals surface area contributed by atoms with Gasteiger partial charge in [-0.15, -0.1) is 0 Å². The Morgan fingerprint density at radius 3 is 2.68 bits per heavy atom. The molecule has 1 saturated heterocycles. The van der Waals surface area contributed by atoms with Gasteiger partial charge in [0.25, 0.3) is 5.91 Å². The van der Waals surface area contributed by atoms with Crippen LogP contribution in [0, 0.1) is 0 Å². The average Bonchev–Trinajstić information content (AvgIpc) is 2.71. The first kappa shape index (κ1) is 13.2. The first-order valence-corrected chi connectivity index (χ1v) is 5.85. The maximum Gasteiger partial charge on any atom is 0.319 e. The number of hydrogen-bond acceptors (Lipinski definition) is 5. The fraction of sp³-hybridized carbons (Fsp3) is 0.308. The average molecular weight is 262 g/mol. The van der Waals surface area contributed by atoms with Gasteiger partial charge in [0.05, 0.1) is 31.8 Å². The van der Waals surface area contributed by atoms with E-state index in [1.807, 2.05) is 6.07 Å². The third-order valence-electron chi connectivity index (χ3n) is 2.88. The molecule has 0 aromatic heterocycles. The third kappa shape index (κ3) is 2.79. The topological polar surface area (TPSA) is 75.7 Å². The van der Waals surface area contributed by atoms with Crippen LogP contribution in [0.1, 0.15) is 6.42 Å². The van der Waals surface area contributed by atoms with Gasteiger partial charge in [0.2, 0.25) is 5.91 Å². The second kappa shape index (κ2) is 5.62. The first-order chi connectivity index (χ1) is 9.13. The number of methoxy groups -OCH3 is 1. The summed E-state index contributed by atoms with van der Waals surface area (Å²) in [6, 6.07) is 8.03. The van der Waals surface area contributed by atoms with Crippen molar-refractivity contribution in [3.8, 4) is 0 Å². The van der Waals surface area contributed by atoms with Gasteiger partial charge in [-0.05, 0) is 12.1 Å². The Morgan fingerprint density at radius 2 is 2.05 bits per heavy atom. The van der Waals surface area contributed by atoms with Gasteiger partial charge in [0.15, 0.2) is 0 Å². The molecule has 6 nitrogen and oxygen atoms in total. The quantitative estimate of drug-likeness (QED) is 0.614. The number of carbonyl (C=O) groups is 3. The summed E-state index contributed by atoms with van der Waals surface area (Å²) in [5.41, 5.74) is 0.542. The summed E-state index contributed by atoms with van der Waals surface area (Å²) < 4.78 is 4.47. The lowest BCUT2D eigenvalue weighted by Crippen LogP contribution is -2.41. The summed E-state index contributed by atoms with van der Waals surface area (Å²) in [6.45, 7) is -0.0944. The molecule has 1 aliphatic rings. The van der Waals surface area contributed by atoms with Crippen LogP contribution in [0.2, 0.25) is 0 Å². The van der Waals surface area contributed by atoms with Crippen LogP contribution in [0.15, 0.2) is 30.3 Å². The van der Waals surface area contributed by atoms with Crippen molar-refractivity contribution in [1.82, 2.24) is 5.32 Å². The number of imide groups is 1. The van der Waals surface area contributed by atoms with Crippen LogP contribution < -0.4 is 10.2 Å². The number of nitrogens with zero attached hydrogens (tertiary/aromatic N) is 1. The molecule has 1 aromatic rings. The van der Waals surface area contributed by atoms with Crippen LogP contribution in [0.3, 0.4) is 0 Å². The van der Waals surface area contributed by atoms with Gasteiger partial charge >= 0.3 is 5.97 Å². The van der Waals surface area contributed by atoms with Gasteiger partial charge < -0.3 is 4.74 Å². The molecule has 2 amide bonds. The lowest BCUT2D eigenvalue weighted by atomic mass is 10.2. The van der Waals surface area contributed by atoms with E-state index in [-0.39, 0.29) is 24.8 Å². The minimum atomic E-state index is -0.674. The number of carbonyl (C=O) groups excluding carboxylic acids is 3. The maximum absolute atomic E-state index is 12.1. The normalized spacial score (nSPS) is 18.8. The zero-order chi connectivity index (χ0) is 13.8. The van der Waals surface area contributed by atoms with E-state index in [0.29, 0.717) is 5.69 Å². The van der Waals surface area contributed by atoms with Crippen molar-refractivity contribution in [2.75, 3.05) is 18.6 Å². The molecule has 1 heterocycles. The van der Waals surface area contributed by atoms with Gasteiger partial charge in [-0.2, -0.15) is 0 Å². The molecular weight excluding hydrogens is 248 g/mol. The number of para-hydroxylation sites is 1. The summed E-state index contributed by atoms with van der Waals surface area (Å²) in [5, 5.41) is 2.73. The SMILES string of the molecule is COC(=O)CN[C@@H]1CC(=O)N(c2ccccc2)C1=O. The van der Waals surface area contributed by atoms with E-state index in [9.17, 15) is 14.4 Å². The monoisotopic (exact) mass is 262 g/mol. The van der Waals surface area contributed by atoms with Crippen molar-refractivity contribution >= 4 is 23.5 Å². The molecule has 1 fully saturated rings. The van der Waals surface area contributed by atoms with Crippen LogP contribution in [0.5, 0.6) is 0 Å². The van der Waals surface area contributed by atoms with Crippen LogP contribution in [0.4, 0.5) is 5.69 Å². The minimum Gasteiger partial charge on any atom is -0.468 e. The first-order valence-electron chi connectivity index (χ1n) is 5.85. The Kier molecular flexibility index (Phi) is 3.91. The number of esters is 1. The molecule has 100 valence electrons. The predicted molar refractivity (Wildman–Crippen MR) is 67.4 cm³/mol. The van der Waals surface area contributed by atoms with Gasteiger partial charge in [0, 0.05) is 0 Å². The number of anilines is 1. The molecule has 1 atom stereocenters. The van der Waals surface area contributed by atoms with E-state index in [0.717, 1.165) is 4.90 Å². The van der Waals surface area contributed by atoms with Gasteiger partial charge in [-0.1, -0.05) is 18.2 Å². The molecule has 0 radical (unpaired) electrons. The van der Waals surface area contributed by atoms with Crippen LogP contribution in [0.25, 0.3) is 0 Å².